The van der Waals surface area contributed by atoms with Crippen molar-refractivity contribution in [2.45, 2.75) is 11.8 Å². The molecule has 1 fully saturated rings. The first-order valence-corrected chi connectivity index (χ1v) is 11.2. The highest BCUT2D eigenvalue weighted by Crippen LogP contribution is 2.28. The second-order valence-corrected chi connectivity index (χ2v) is 9.45. The monoisotopic (exact) mass is 440 g/mol. The molecule has 0 atom stereocenters. The second-order valence-electron chi connectivity index (χ2n) is 6.27. The van der Waals surface area contributed by atoms with Gasteiger partial charge in [-0.3, -0.25) is 9.20 Å². The van der Waals surface area contributed by atoms with Crippen LogP contribution >= 0.6 is 22.9 Å². The molecule has 0 unspecified atom stereocenters. The minimum absolute atomic E-state index is 0.0655. The van der Waals surface area contributed by atoms with E-state index >= 15 is 0 Å². The highest BCUT2D eigenvalue weighted by Gasteiger charge is 2.27. The van der Waals surface area contributed by atoms with E-state index in [-0.39, 0.29) is 34.4 Å². The van der Waals surface area contributed by atoms with Crippen molar-refractivity contribution in [3.8, 4) is 0 Å². The van der Waals surface area contributed by atoms with Gasteiger partial charge in [-0.25, -0.2) is 13.4 Å². The number of imidazole rings is 1. The molecule has 3 aromatic rings. The lowest BCUT2D eigenvalue weighted by molar-refractivity contribution is 0.0730. The Morgan fingerprint density at radius 2 is 2.07 bits per heavy atom. The van der Waals surface area contributed by atoms with Crippen molar-refractivity contribution < 1.29 is 17.9 Å². The number of carbonyl (C=O) groups is 1. The van der Waals surface area contributed by atoms with Crippen LogP contribution in [0.2, 0.25) is 5.02 Å². The van der Waals surface area contributed by atoms with E-state index < -0.39 is 15.9 Å². The lowest BCUT2D eigenvalue weighted by Gasteiger charge is -2.26. The number of hydrogen-bond acceptors (Lipinski definition) is 6. The highest BCUT2D eigenvalue weighted by atomic mass is 35.5. The van der Waals surface area contributed by atoms with E-state index in [4.69, 9.17) is 16.3 Å². The number of fused-ring (bicyclic) bond motifs is 1. The zero-order valence-corrected chi connectivity index (χ0v) is 17.3. The van der Waals surface area contributed by atoms with Crippen LogP contribution in [-0.2, 0) is 14.8 Å². The predicted molar refractivity (Wildman–Crippen MR) is 107 cm³/mol. The van der Waals surface area contributed by atoms with Crippen molar-refractivity contribution >= 4 is 49.5 Å². The number of benzene rings is 1. The number of aromatic nitrogens is 2. The number of nitrogens with one attached hydrogen (secondary N) is 1. The van der Waals surface area contributed by atoms with Crippen LogP contribution in [0, 0.1) is 6.92 Å². The van der Waals surface area contributed by atoms with Gasteiger partial charge < -0.3 is 10.1 Å². The second kappa shape index (κ2) is 7.45. The fraction of sp³-hybridized carbons (Fsp3) is 0.294. The molecular formula is C17H17ClN4O4S2. The molecule has 0 bridgehead atoms. The molecule has 3 heterocycles. The van der Waals surface area contributed by atoms with E-state index in [9.17, 15) is 13.2 Å². The molecular weight excluding hydrogens is 424 g/mol. The van der Waals surface area contributed by atoms with E-state index in [0.717, 1.165) is 5.69 Å². The third-order valence-corrected chi connectivity index (χ3v) is 7.60. The fourth-order valence-electron chi connectivity index (χ4n) is 2.89. The number of halogens is 1. The maximum absolute atomic E-state index is 12.8. The van der Waals surface area contributed by atoms with Crippen molar-refractivity contribution in [3.63, 3.8) is 0 Å². The van der Waals surface area contributed by atoms with Crippen molar-refractivity contribution in [1.29, 1.82) is 0 Å². The Morgan fingerprint density at radius 1 is 1.32 bits per heavy atom. The van der Waals surface area contributed by atoms with Gasteiger partial charge in [0, 0.05) is 30.4 Å². The first-order valence-electron chi connectivity index (χ1n) is 8.48. The van der Waals surface area contributed by atoms with Crippen molar-refractivity contribution in [2.24, 2.45) is 0 Å². The number of anilines is 1. The average Bonchev–Trinajstić information content (AvgIpc) is 3.26. The Balaban J connectivity index is 1.60. The van der Waals surface area contributed by atoms with Crippen LogP contribution in [0.25, 0.3) is 4.96 Å². The summed E-state index contributed by atoms with van der Waals surface area (Å²) in [5.74, 6) is -0.460. The largest absolute Gasteiger partial charge is 0.379 e. The third kappa shape index (κ3) is 3.53. The Hall–Kier alpha value is -1.98. The Labute approximate surface area is 170 Å². The summed E-state index contributed by atoms with van der Waals surface area (Å²) in [4.78, 5) is 17.7. The standard InChI is InChI=1S/C17H17ClN4O4S2/c1-11-10-27-17-20-15(9-22(11)17)16(23)19-14-8-12(2-3-13(14)18)28(24,25)21-4-6-26-7-5-21/h2-3,8-10H,4-7H2,1H3,(H,19,23). The summed E-state index contributed by atoms with van der Waals surface area (Å²) in [6.07, 6.45) is 1.64. The molecule has 0 aliphatic carbocycles. The van der Waals surface area contributed by atoms with E-state index in [1.807, 2.05) is 16.7 Å². The number of thiazole rings is 1. The molecule has 1 N–H and O–H groups in total. The Bertz CT molecular complexity index is 1150. The van der Waals surface area contributed by atoms with E-state index in [2.05, 4.69) is 10.3 Å². The minimum Gasteiger partial charge on any atom is -0.379 e. The predicted octanol–water partition coefficient (Wildman–Crippen LogP) is 2.63. The molecule has 1 aliphatic heterocycles. The Kier molecular flexibility index (Phi) is 5.15. The van der Waals surface area contributed by atoms with Gasteiger partial charge in [0.2, 0.25) is 10.0 Å². The van der Waals surface area contributed by atoms with Crippen LogP contribution in [0.5, 0.6) is 0 Å². The molecule has 2 aromatic heterocycles. The fourth-order valence-corrected chi connectivity index (χ4v) is 5.34. The lowest BCUT2D eigenvalue weighted by Crippen LogP contribution is -2.40. The molecule has 1 saturated heterocycles. The van der Waals surface area contributed by atoms with Crippen molar-refractivity contribution in [2.75, 3.05) is 31.6 Å². The number of nitrogens with zero attached hydrogens (tertiary/aromatic N) is 3. The van der Waals surface area contributed by atoms with Gasteiger partial charge in [-0.2, -0.15) is 4.31 Å². The summed E-state index contributed by atoms with van der Waals surface area (Å²) in [5.41, 5.74) is 1.42. The maximum atomic E-state index is 12.8. The van der Waals surface area contributed by atoms with Crippen LogP contribution in [0.1, 0.15) is 16.2 Å². The first kappa shape index (κ1) is 19.3. The molecule has 1 aromatic carbocycles. The molecule has 11 heteroatoms. The number of ether oxygens (including phenoxy) is 1. The number of hydrogen-bond donors (Lipinski definition) is 1. The molecule has 4 rings (SSSR count). The maximum Gasteiger partial charge on any atom is 0.275 e. The number of amides is 1. The van der Waals surface area contributed by atoms with Gasteiger partial charge in [-0.1, -0.05) is 11.6 Å². The quantitative estimate of drug-likeness (QED) is 0.673. The van der Waals surface area contributed by atoms with Gasteiger partial charge in [-0.15, -0.1) is 11.3 Å². The van der Waals surface area contributed by atoms with E-state index in [1.54, 1.807) is 6.20 Å². The molecule has 0 radical (unpaired) electrons. The zero-order chi connectivity index (χ0) is 19.9. The summed E-state index contributed by atoms with van der Waals surface area (Å²) < 4.78 is 34.0. The van der Waals surface area contributed by atoms with Gasteiger partial charge in [0.25, 0.3) is 5.91 Å². The minimum atomic E-state index is -3.69. The zero-order valence-electron chi connectivity index (χ0n) is 14.9. The molecule has 1 amide bonds. The van der Waals surface area contributed by atoms with Crippen LogP contribution in [0.4, 0.5) is 5.69 Å². The van der Waals surface area contributed by atoms with Crippen molar-refractivity contribution in [1.82, 2.24) is 13.7 Å². The van der Waals surface area contributed by atoms with Crippen molar-refractivity contribution in [3.05, 3.63) is 46.2 Å². The molecule has 0 saturated carbocycles. The number of morpholine rings is 1. The first-order chi connectivity index (χ1) is 13.4. The number of rotatable bonds is 4. The van der Waals surface area contributed by atoms with Crippen LogP contribution in [0.3, 0.4) is 0 Å². The summed E-state index contributed by atoms with van der Waals surface area (Å²) >= 11 is 7.61. The molecule has 1 aliphatic rings. The van der Waals surface area contributed by atoms with Crippen LogP contribution in [-0.4, -0.2) is 54.3 Å². The van der Waals surface area contributed by atoms with Gasteiger partial charge in [-0.05, 0) is 25.1 Å². The number of sulfonamides is 1. The van der Waals surface area contributed by atoms with Crippen LogP contribution in [0.15, 0.2) is 34.7 Å². The van der Waals surface area contributed by atoms with Gasteiger partial charge >= 0.3 is 0 Å². The molecule has 148 valence electrons. The smallest absolute Gasteiger partial charge is 0.275 e. The van der Waals surface area contributed by atoms with Gasteiger partial charge in [0.1, 0.15) is 5.69 Å². The Morgan fingerprint density at radius 3 is 2.79 bits per heavy atom. The summed E-state index contributed by atoms with van der Waals surface area (Å²) in [6.45, 7) is 3.21. The highest BCUT2D eigenvalue weighted by molar-refractivity contribution is 7.89. The van der Waals surface area contributed by atoms with E-state index in [0.29, 0.717) is 18.2 Å². The summed E-state index contributed by atoms with van der Waals surface area (Å²) in [7, 11) is -3.69. The lowest BCUT2D eigenvalue weighted by atomic mass is 10.3. The number of aryl methyl sites for hydroxylation is 1. The van der Waals surface area contributed by atoms with Crippen LogP contribution < -0.4 is 5.32 Å². The normalized spacial score (nSPS) is 15.8. The topological polar surface area (TPSA) is 93.0 Å². The SMILES string of the molecule is Cc1csc2nc(C(=O)Nc3cc(S(=O)(=O)N4CCOCC4)ccc3Cl)cn12. The molecule has 8 nitrogen and oxygen atoms in total. The summed E-state index contributed by atoms with van der Waals surface area (Å²) in [5, 5.41) is 4.85. The van der Waals surface area contributed by atoms with Gasteiger partial charge in [0.05, 0.1) is 28.8 Å². The summed E-state index contributed by atoms with van der Waals surface area (Å²) in [6, 6.07) is 4.26. The molecule has 28 heavy (non-hydrogen) atoms. The third-order valence-electron chi connectivity index (χ3n) is 4.41. The van der Waals surface area contributed by atoms with E-state index in [1.165, 1.54) is 33.8 Å². The average molecular weight is 441 g/mol. The number of carbonyl (C=O) groups excluding carboxylic acids is 1. The van der Waals surface area contributed by atoms with Gasteiger partial charge in [0.15, 0.2) is 4.96 Å². The molecule has 0 spiro atoms.